The zero-order valence-corrected chi connectivity index (χ0v) is 8.39. The summed E-state index contributed by atoms with van der Waals surface area (Å²) in [5.74, 6) is 0. The molecule has 0 aliphatic rings. The molecule has 1 heterocycles. The molecule has 2 aromatic rings. The van der Waals surface area contributed by atoms with Gasteiger partial charge in [0.25, 0.3) is 6.47 Å². The molecule has 0 spiro atoms. The molecule has 1 aromatic heterocycles. The lowest BCUT2D eigenvalue weighted by atomic mass is 10.3. The molecule has 3 nitrogen and oxygen atoms in total. The van der Waals surface area contributed by atoms with E-state index < -0.39 is 0 Å². The molecule has 0 saturated heterocycles. The maximum Gasteiger partial charge on any atom is 0.293 e. The number of aromatic nitrogens is 1. The first-order chi connectivity index (χ1) is 7.29. The van der Waals surface area contributed by atoms with E-state index in [2.05, 4.69) is 4.74 Å². The Morgan fingerprint density at radius 3 is 2.67 bits per heavy atom. The van der Waals surface area contributed by atoms with Crippen LogP contribution in [0.2, 0.25) is 0 Å². The second-order valence-electron chi connectivity index (χ2n) is 2.74. The topological polar surface area (TPSA) is 31.2 Å². The van der Waals surface area contributed by atoms with Crippen LogP contribution in [0.15, 0.2) is 36.5 Å². The maximum absolute atomic E-state index is 12.7. The third-order valence-electron chi connectivity index (χ3n) is 1.79. The number of para-hydroxylation sites is 1. The molecule has 80 valence electrons. The minimum absolute atomic E-state index is 0.431. The Labute approximate surface area is 87.0 Å². The lowest BCUT2D eigenvalue weighted by Gasteiger charge is -1.87. The van der Waals surface area contributed by atoms with Gasteiger partial charge in [0.15, 0.2) is 0 Å². The van der Waals surface area contributed by atoms with Crippen LogP contribution in [-0.2, 0) is 9.53 Å². The number of carbonyl (C=O) groups excluding carboxylic acids is 1. The van der Waals surface area contributed by atoms with Gasteiger partial charge in [-0.15, -0.1) is 0 Å². The van der Waals surface area contributed by atoms with Crippen LogP contribution in [0.5, 0.6) is 0 Å². The molecule has 0 radical (unpaired) electrons. The Balaban J connectivity index is 0.000000195. The zero-order valence-electron chi connectivity index (χ0n) is 8.39. The van der Waals surface area contributed by atoms with Crippen molar-refractivity contribution in [3.8, 4) is 0 Å². The number of rotatable bonds is 2. The van der Waals surface area contributed by atoms with Gasteiger partial charge in [-0.05, 0) is 19.1 Å². The Morgan fingerprint density at radius 2 is 2.13 bits per heavy atom. The van der Waals surface area contributed by atoms with Crippen LogP contribution < -0.4 is 0 Å². The minimum Gasteiger partial charge on any atom is -0.468 e. The zero-order chi connectivity index (χ0) is 11.1. The van der Waals surface area contributed by atoms with E-state index in [4.69, 9.17) is 0 Å². The van der Waals surface area contributed by atoms with Crippen molar-refractivity contribution in [1.29, 1.82) is 0 Å². The van der Waals surface area contributed by atoms with Crippen molar-refractivity contribution in [2.24, 2.45) is 0 Å². The second kappa shape index (κ2) is 5.80. The SMILES string of the molecule is CCOC=O.Fn1ccc2ccccc21. The summed E-state index contributed by atoms with van der Waals surface area (Å²) >= 11 is 0. The summed E-state index contributed by atoms with van der Waals surface area (Å²) in [4.78, 5) is 9.80. The lowest BCUT2D eigenvalue weighted by molar-refractivity contribution is -0.128. The van der Waals surface area contributed by atoms with Crippen LogP contribution in [0.25, 0.3) is 10.9 Å². The quantitative estimate of drug-likeness (QED) is 0.712. The van der Waals surface area contributed by atoms with Crippen molar-refractivity contribution in [1.82, 2.24) is 4.79 Å². The van der Waals surface area contributed by atoms with E-state index in [1.807, 2.05) is 18.2 Å². The summed E-state index contributed by atoms with van der Waals surface area (Å²) in [6, 6.07) is 9.08. The monoisotopic (exact) mass is 209 g/mol. The van der Waals surface area contributed by atoms with E-state index in [1.54, 1.807) is 19.1 Å². The molecule has 0 bridgehead atoms. The molecule has 0 saturated carbocycles. The highest BCUT2D eigenvalue weighted by molar-refractivity contribution is 5.79. The fraction of sp³-hybridized carbons (Fsp3) is 0.182. The highest BCUT2D eigenvalue weighted by Crippen LogP contribution is 2.13. The number of hydrogen-bond acceptors (Lipinski definition) is 2. The van der Waals surface area contributed by atoms with E-state index in [1.165, 1.54) is 6.20 Å². The van der Waals surface area contributed by atoms with Crippen LogP contribution in [-0.4, -0.2) is 17.9 Å². The third-order valence-corrected chi connectivity index (χ3v) is 1.79. The van der Waals surface area contributed by atoms with Gasteiger partial charge < -0.3 is 4.74 Å². The number of halogens is 1. The predicted molar refractivity (Wildman–Crippen MR) is 56.1 cm³/mol. The van der Waals surface area contributed by atoms with Crippen molar-refractivity contribution >= 4 is 17.4 Å². The second-order valence-corrected chi connectivity index (χ2v) is 2.74. The number of ether oxygens (including phenoxy) is 1. The number of fused-ring (bicyclic) bond motifs is 1. The van der Waals surface area contributed by atoms with Gasteiger partial charge in [0.1, 0.15) is 0 Å². The van der Waals surface area contributed by atoms with E-state index in [-0.39, 0.29) is 0 Å². The largest absolute Gasteiger partial charge is 0.468 e. The molecule has 0 atom stereocenters. The summed E-state index contributed by atoms with van der Waals surface area (Å²) in [5, 5.41) is 0.935. The molecule has 0 aliphatic heterocycles. The van der Waals surface area contributed by atoms with Crippen LogP contribution >= 0.6 is 0 Å². The highest BCUT2D eigenvalue weighted by atomic mass is 19.2. The van der Waals surface area contributed by atoms with Gasteiger partial charge in [-0.1, -0.05) is 22.7 Å². The van der Waals surface area contributed by atoms with Crippen LogP contribution in [0, 0.1) is 0 Å². The first-order valence-electron chi connectivity index (χ1n) is 4.57. The minimum atomic E-state index is 0.431. The summed E-state index contributed by atoms with van der Waals surface area (Å²) < 4.78 is 16.8. The molecule has 0 fully saturated rings. The molecule has 0 unspecified atom stereocenters. The number of carbonyl (C=O) groups is 1. The molecule has 0 aliphatic carbocycles. The molecule has 2 rings (SSSR count). The normalized spacial score (nSPS) is 9.20. The Bertz CT molecular complexity index is 425. The smallest absolute Gasteiger partial charge is 0.293 e. The number of benzene rings is 1. The summed E-state index contributed by atoms with van der Waals surface area (Å²) in [5.41, 5.74) is 0.627. The number of nitrogens with zero attached hydrogens (tertiary/aromatic N) is 1. The molecule has 0 amide bonds. The lowest BCUT2D eigenvalue weighted by Crippen LogP contribution is -1.80. The molecule has 0 N–H and O–H groups in total. The van der Waals surface area contributed by atoms with Crippen molar-refractivity contribution in [2.75, 3.05) is 6.61 Å². The van der Waals surface area contributed by atoms with Crippen molar-refractivity contribution in [3.05, 3.63) is 36.5 Å². The standard InChI is InChI=1S/C8H6FN.C3H6O2/c9-10-6-5-7-3-1-2-4-8(7)10;1-2-5-3-4/h1-6H;3H,2H2,1H3. The van der Waals surface area contributed by atoms with Crippen molar-refractivity contribution < 1.29 is 14.0 Å². The van der Waals surface area contributed by atoms with Crippen LogP contribution in [0.4, 0.5) is 4.48 Å². The van der Waals surface area contributed by atoms with E-state index in [0.29, 0.717) is 23.4 Å². The summed E-state index contributed by atoms with van der Waals surface area (Å²) in [7, 11) is 0. The maximum atomic E-state index is 12.7. The Morgan fingerprint density at radius 1 is 1.40 bits per heavy atom. The third kappa shape index (κ3) is 3.09. The van der Waals surface area contributed by atoms with Crippen molar-refractivity contribution in [2.45, 2.75) is 6.92 Å². The van der Waals surface area contributed by atoms with Crippen LogP contribution in [0.1, 0.15) is 6.92 Å². The first kappa shape index (κ1) is 11.2. The van der Waals surface area contributed by atoms with E-state index in [0.717, 1.165) is 5.39 Å². The Kier molecular flexibility index (Phi) is 4.34. The molecular formula is C11H12FNO2. The van der Waals surface area contributed by atoms with E-state index >= 15 is 0 Å². The number of hydrogen-bond donors (Lipinski definition) is 0. The average Bonchev–Trinajstić information content (AvgIpc) is 2.64. The van der Waals surface area contributed by atoms with Gasteiger partial charge in [0.2, 0.25) is 0 Å². The predicted octanol–water partition coefficient (Wildman–Crippen LogP) is 2.55. The Hall–Kier alpha value is -1.84. The van der Waals surface area contributed by atoms with Gasteiger partial charge in [-0.2, -0.15) is 4.79 Å². The first-order valence-corrected chi connectivity index (χ1v) is 4.57. The summed E-state index contributed by atoms with van der Waals surface area (Å²) in [6.07, 6.45) is 1.41. The summed E-state index contributed by atoms with van der Waals surface area (Å²) in [6.45, 7) is 2.66. The molecule has 1 aromatic carbocycles. The highest BCUT2D eigenvalue weighted by Gasteiger charge is 1.95. The molecular weight excluding hydrogens is 197 g/mol. The van der Waals surface area contributed by atoms with Gasteiger partial charge in [-0.3, -0.25) is 4.79 Å². The van der Waals surface area contributed by atoms with E-state index in [9.17, 15) is 9.28 Å². The molecule has 4 heteroatoms. The van der Waals surface area contributed by atoms with Crippen molar-refractivity contribution in [3.63, 3.8) is 0 Å². The molecule has 15 heavy (non-hydrogen) atoms. The van der Waals surface area contributed by atoms with Gasteiger partial charge >= 0.3 is 0 Å². The van der Waals surface area contributed by atoms with Crippen LogP contribution in [0.3, 0.4) is 0 Å². The fourth-order valence-electron chi connectivity index (χ4n) is 1.12. The van der Waals surface area contributed by atoms with Gasteiger partial charge in [-0.25, -0.2) is 0 Å². The van der Waals surface area contributed by atoms with Gasteiger partial charge in [0.05, 0.1) is 12.1 Å². The average molecular weight is 209 g/mol. The fourth-order valence-corrected chi connectivity index (χ4v) is 1.12. The van der Waals surface area contributed by atoms with Gasteiger partial charge in [0, 0.05) is 11.6 Å².